The van der Waals surface area contributed by atoms with Gasteiger partial charge >= 0.3 is 0 Å². The Bertz CT molecular complexity index is 884. The second kappa shape index (κ2) is 6.16. The Kier molecular flexibility index (Phi) is 4.17. The fraction of sp³-hybridized carbons (Fsp3) is 0.353. The number of amides is 2. The summed E-state index contributed by atoms with van der Waals surface area (Å²) in [4.78, 5) is 28.2. The summed E-state index contributed by atoms with van der Waals surface area (Å²) in [5.74, 6) is -4.26. The standard InChI is InChI=1S/C17H16F2N4O2/c1-10-2-3-12-13(7-21-14(12)4-10)16(25)22-8-15(24)23-9-17(18,19)5-11(23)6-20/h2-4,7,11,21H,5,8-9H2,1H3,(H,22,25)/t11-/m0/s1. The average molecular weight is 346 g/mol. The number of fused-ring (bicyclic) bond motifs is 1. The van der Waals surface area contributed by atoms with Crippen molar-refractivity contribution in [1.82, 2.24) is 15.2 Å². The number of halogens is 2. The van der Waals surface area contributed by atoms with Gasteiger partial charge in [0.15, 0.2) is 0 Å². The molecule has 8 heteroatoms. The lowest BCUT2D eigenvalue weighted by Crippen LogP contribution is -2.42. The minimum absolute atomic E-state index is 0.367. The van der Waals surface area contributed by atoms with Gasteiger partial charge in [0.05, 0.1) is 24.7 Å². The topological polar surface area (TPSA) is 89.0 Å². The first-order chi connectivity index (χ1) is 11.8. The molecule has 0 aliphatic carbocycles. The van der Waals surface area contributed by atoms with Crippen molar-refractivity contribution in [2.24, 2.45) is 0 Å². The zero-order chi connectivity index (χ0) is 18.2. The van der Waals surface area contributed by atoms with Crippen molar-refractivity contribution >= 4 is 22.7 Å². The van der Waals surface area contributed by atoms with E-state index in [0.29, 0.717) is 10.9 Å². The molecule has 0 spiro atoms. The Hall–Kier alpha value is -2.95. The molecule has 1 saturated heterocycles. The van der Waals surface area contributed by atoms with Crippen molar-refractivity contribution in [2.75, 3.05) is 13.1 Å². The smallest absolute Gasteiger partial charge is 0.268 e. The maximum absolute atomic E-state index is 13.4. The largest absolute Gasteiger partial charge is 0.360 e. The molecule has 3 rings (SSSR count). The first-order valence-corrected chi connectivity index (χ1v) is 7.73. The van der Waals surface area contributed by atoms with Crippen molar-refractivity contribution in [3.63, 3.8) is 0 Å². The molecular weight excluding hydrogens is 330 g/mol. The molecule has 0 unspecified atom stereocenters. The lowest BCUT2D eigenvalue weighted by molar-refractivity contribution is -0.131. The molecule has 2 heterocycles. The zero-order valence-electron chi connectivity index (χ0n) is 13.5. The summed E-state index contributed by atoms with van der Waals surface area (Å²) in [5, 5.41) is 12.1. The van der Waals surface area contributed by atoms with E-state index in [1.165, 1.54) is 6.20 Å². The van der Waals surface area contributed by atoms with Gasteiger partial charge < -0.3 is 15.2 Å². The number of aromatic nitrogens is 1. The normalized spacial score (nSPS) is 19.0. The summed E-state index contributed by atoms with van der Waals surface area (Å²) < 4.78 is 26.8. The second-order valence-corrected chi connectivity index (χ2v) is 6.16. The highest BCUT2D eigenvalue weighted by Gasteiger charge is 2.47. The summed E-state index contributed by atoms with van der Waals surface area (Å²) in [5.41, 5.74) is 2.19. The Balaban J connectivity index is 1.67. The number of benzene rings is 1. The Morgan fingerprint density at radius 1 is 1.48 bits per heavy atom. The van der Waals surface area contributed by atoms with Crippen LogP contribution in [0.5, 0.6) is 0 Å². The van der Waals surface area contributed by atoms with Crippen LogP contribution in [0, 0.1) is 18.3 Å². The van der Waals surface area contributed by atoms with E-state index >= 15 is 0 Å². The van der Waals surface area contributed by atoms with Crippen molar-refractivity contribution < 1.29 is 18.4 Å². The van der Waals surface area contributed by atoms with Gasteiger partial charge in [0, 0.05) is 23.5 Å². The van der Waals surface area contributed by atoms with Crippen molar-refractivity contribution in [3.8, 4) is 6.07 Å². The summed E-state index contributed by atoms with van der Waals surface area (Å²) in [6, 6.07) is 6.08. The molecule has 2 N–H and O–H groups in total. The van der Waals surface area contributed by atoms with Gasteiger partial charge in [-0.1, -0.05) is 12.1 Å². The van der Waals surface area contributed by atoms with Crippen LogP contribution < -0.4 is 5.32 Å². The molecular formula is C17H16F2N4O2. The number of nitriles is 1. The van der Waals surface area contributed by atoms with Gasteiger partial charge in [-0.05, 0) is 18.6 Å². The van der Waals surface area contributed by atoms with E-state index in [-0.39, 0.29) is 0 Å². The molecule has 1 fully saturated rings. The molecule has 1 aliphatic heterocycles. The monoisotopic (exact) mass is 346 g/mol. The van der Waals surface area contributed by atoms with Crippen LogP contribution in [0.4, 0.5) is 8.78 Å². The van der Waals surface area contributed by atoms with Gasteiger partial charge in [0.1, 0.15) is 6.04 Å². The molecule has 1 atom stereocenters. The number of H-pyrrole nitrogens is 1. The fourth-order valence-corrected chi connectivity index (χ4v) is 2.97. The second-order valence-electron chi connectivity index (χ2n) is 6.16. The average Bonchev–Trinajstić information content (AvgIpc) is 3.11. The van der Waals surface area contributed by atoms with E-state index in [4.69, 9.17) is 5.26 Å². The number of carbonyl (C=O) groups excluding carboxylic acids is 2. The molecule has 2 amide bonds. The lowest BCUT2D eigenvalue weighted by atomic mass is 10.1. The van der Waals surface area contributed by atoms with Gasteiger partial charge in [-0.25, -0.2) is 8.78 Å². The van der Waals surface area contributed by atoms with E-state index in [1.807, 2.05) is 19.1 Å². The van der Waals surface area contributed by atoms with Crippen LogP contribution in [0.25, 0.3) is 10.9 Å². The molecule has 0 bridgehead atoms. The molecule has 130 valence electrons. The Morgan fingerprint density at radius 3 is 2.96 bits per heavy atom. The van der Waals surface area contributed by atoms with Gasteiger partial charge in [0.2, 0.25) is 5.91 Å². The van der Waals surface area contributed by atoms with Crippen molar-refractivity contribution in [2.45, 2.75) is 25.3 Å². The predicted octanol–water partition coefficient (Wildman–Crippen LogP) is 1.97. The van der Waals surface area contributed by atoms with Crippen molar-refractivity contribution in [1.29, 1.82) is 5.26 Å². The third kappa shape index (κ3) is 3.31. The third-order valence-electron chi connectivity index (χ3n) is 4.22. The fourth-order valence-electron chi connectivity index (χ4n) is 2.97. The molecule has 0 radical (unpaired) electrons. The van der Waals surface area contributed by atoms with Gasteiger partial charge in [-0.3, -0.25) is 9.59 Å². The Morgan fingerprint density at radius 2 is 2.24 bits per heavy atom. The minimum atomic E-state index is -3.07. The number of alkyl halides is 2. The Labute approximate surface area is 142 Å². The number of aromatic amines is 1. The molecule has 1 aromatic carbocycles. The van der Waals surface area contributed by atoms with Crippen LogP contribution in [-0.4, -0.2) is 46.8 Å². The highest BCUT2D eigenvalue weighted by atomic mass is 19.3. The number of aryl methyl sites for hydroxylation is 1. The maximum Gasteiger partial charge on any atom is 0.268 e. The first-order valence-electron chi connectivity index (χ1n) is 7.73. The quantitative estimate of drug-likeness (QED) is 0.890. The molecule has 1 aromatic heterocycles. The van der Waals surface area contributed by atoms with Crippen LogP contribution in [-0.2, 0) is 4.79 Å². The number of nitrogens with zero attached hydrogens (tertiary/aromatic N) is 2. The first kappa shape index (κ1) is 16.9. The summed E-state index contributed by atoms with van der Waals surface area (Å²) >= 11 is 0. The lowest BCUT2D eigenvalue weighted by Gasteiger charge is -2.19. The number of carbonyl (C=O) groups is 2. The summed E-state index contributed by atoms with van der Waals surface area (Å²) in [6.07, 6.45) is 0.858. The van der Waals surface area contributed by atoms with E-state index in [2.05, 4.69) is 10.3 Å². The number of nitrogens with one attached hydrogen (secondary N) is 2. The van der Waals surface area contributed by atoms with Crippen LogP contribution in [0.3, 0.4) is 0 Å². The van der Waals surface area contributed by atoms with Crippen LogP contribution in [0.1, 0.15) is 22.3 Å². The minimum Gasteiger partial charge on any atom is -0.360 e. The predicted molar refractivity (Wildman–Crippen MR) is 86.0 cm³/mol. The number of hydrogen-bond acceptors (Lipinski definition) is 3. The molecule has 25 heavy (non-hydrogen) atoms. The van der Waals surface area contributed by atoms with Crippen LogP contribution in [0.2, 0.25) is 0 Å². The van der Waals surface area contributed by atoms with E-state index in [1.54, 1.807) is 12.1 Å². The highest BCUT2D eigenvalue weighted by Crippen LogP contribution is 2.31. The molecule has 6 nitrogen and oxygen atoms in total. The van der Waals surface area contributed by atoms with Gasteiger partial charge in [-0.2, -0.15) is 5.26 Å². The molecule has 0 saturated carbocycles. The zero-order valence-corrected chi connectivity index (χ0v) is 13.5. The van der Waals surface area contributed by atoms with Crippen LogP contribution >= 0.6 is 0 Å². The SMILES string of the molecule is Cc1ccc2c(C(=O)NCC(=O)N3CC(F)(F)C[C@H]3C#N)c[nH]c2c1. The van der Waals surface area contributed by atoms with E-state index in [9.17, 15) is 18.4 Å². The molecule has 2 aromatic rings. The number of rotatable bonds is 3. The molecule has 1 aliphatic rings. The van der Waals surface area contributed by atoms with Gasteiger partial charge in [0.25, 0.3) is 11.8 Å². The van der Waals surface area contributed by atoms with E-state index in [0.717, 1.165) is 16.0 Å². The summed E-state index contributed by atoms with van der Waals surface area (Å²) in [6.45, 7) is 0.689. The number of hydrogen-bond donors (Lipinski definition) is 2. The highest BCUT2D eigenvalue weighted by molar-refractivity contribution is 6.07. The number of likely N-dealkylation sites (tertiary alicyclic amines) is 1. The summed E-state index contributed by atoms with van der Waals surface area (Å²) in [7, 11) is 0. The maximum atomic E-state index is 13.4. The van der Waals surface area contributed by atoms with Gasteiger partial charge in [-0.15, -0.1) is 0 Å². The third-order valence-corrected chi connectivity index (χ3v) is 4.22. The van der Waals surface area contributed by atoms with Crippen molar-refractivity contribution in [3.05, 3.63) is 35.5 Å². The van der Waals surface area contributed by atoms with Crippen LogP contribution in [0.15, 0.2) is 24.4 Å². The van der Waals surface area contributed by atoms with E-state index < -0.39 is 43.3 Å².